The molecule has 1 fully saturated rings. The number of piperazine rings is 1. The lowest BCUT2D eigenvalue weighted by molar-refractivity contribution is -0.130. The molecule has 0 N–H and O–H groups in total. The maximum atomic E-state index is 11.2. The molecule has 2 heterocycles. The molecule has 6 nitrogen and oxygen atoms in total. The summed E-state index contributed by atoms with van der Waals surface area (Å²) in [5, 5.41) is 4.01. The number of hydrogen-bond acceptors (Lipinski definition) is 5. The molecule has 1 amide bonds. The van der Waals surface area contributed by atoms with Crippen molar-refractivity contribution >= 4 is 5.91 Å². The van der Waals surface area contributed by atoms with Crippen LogP contribution in [0, 0.1) is 5.92 Å². The van der Waals surface area contributed by atoms with Crippen LogP contribution in [0.15, 0.2) is 4.52 Å². The van der Waals surface area contributed by atoms with E-state index in [0.29, 0.717) is 18.4 Å². The molecule has 0 aromatic carbocycles. The number of carbonyl (C=O) groups is 1. The zero-order chi connectivity index (χ0) is 13.8. The van der Waals surface area contributed by atoms with Gasteiger partial charge in [0.2, 0.25) is 11.8 Å². The molecule has 106 valence electrons. The van der Waals surface area contributed by atoms with E-state index in [1.807, 2.05) is 4.90 Å². The first-order valence-corrected chi connectivity index (χ1v) is 6.84. The topological polar surface area (TPSA) is 62.5 Å². The first-order valence-electron chi connectivity index (χ1n) is 6.84. The van der Waals surface area contributed by atoms with E-state index in [2.05, 4.69) is 28.9 Å². The van der Waals surface area contributed by atoms with Gasteiger partial charge in [-0.05, 0) is 5.92 Å². The Kier molecular flexibility index (Phi) is 4.52. The van der Waals surface area contributed by atoms with E-state index >= 15 is 0 Å². The Labute approximate surface area is 113 Å². The Morgan fingerprint density at radius 2 is 2.00 bits per heavy atom. The summed E-state index contributed by atoms with van der Waals surface area (Å²) in [7, 11) is 0. The van der Waals surface area contributed by atoms with Gasteiger partial charge in [0, 0.05) is 39.5 Å². The summed E-state index contributed by atoms with van der Waals surface area (Å²) >= 11 is 0. The molecule has 1 aromatic rings. The molecule has 0 bridgehead atoms. The maximum Gasteiger partial charge on any atom is 0.226 e. The van der Waals surface area contributed by atoms with Crippen LogP contribution in [-0.2, 0) is 17.8 Å². The first-order chi connectivity index (χ1) is 9.04. The number of carbonyl (C=O) groups excluding carboxylic acids is 1. The van der Waals surface area contributed by atoms with Gasteiger partial charge in [-0.3, -0.25) is 9.69 Å². The Balaban J connectivity index is 1.82. The van der Waals surface area contributed by atoms with Gasteiger partial charge in [0.15, 0.2) is 5.82 Å². The van der Waals surface area contributed by atoms with Crippen LogP contribution < -0.4 is 0 Å². The van der Waals surface area contributed by atoms with Crippen molar-refractivity contribution in [3.05, 3.63) is 11.7 Å². The summed E-state index contributed by atoms with van der Waals surface area (Å²) < 4.78 is 5.22. The van der Waals surface area contributed by atoms with Crippen molar-refractivity contribution < 1.29 is 9.32 Å². The minimum Gasteiger partial charge on any atom is -0.340 e. The summed E-state index contributed by atoms with van der Waals surface area (Å²) in [6.45, 7) is 9.88. The van der Waals surface area contributed by atoms with Gasteiger partial charge in [-0.1, -0.05) is 19.0 Å². The van der Waals surface area contributed by atoms with Crippen molar-refractivity contribution in [3.63, 3.8) is 0 Å². The van der Waals surface area contributed by atoms with E-state index < -0.39 is 0 Å². The Morgan fingerprint density at radius 1 is 1.32 bits per heavy atom. The molecule has 1 saturated heterocycles. The van der Waals surface area contributed by atoms with E-state index in [4.69, 9.17) is 4.52 Å². The summed E-state index contributed by atoms with van der Waals surface area (Å²) in [5.74, 6) is 2.13. The summed E-state index contributed by atoms with van der Waals surface area (Å²) in [4.78, 5) is 19.8. The second kappa shape index (κ2) is 6.14. The van der Waals surface area contributed by atoms with Crippen molar-refractivity contribution in [1.29, 1.82) is 0 Å². The normalized spacial score (nSPS) is 17.2. The van der Waals surface area contributed by atoms with Gasteiger partial charge in [0.05, 0.1) is 6.54 Å². The van der Waals surface area contributed by atoms with Crippen LogP contribution in [0.2, 0.25) is 0 Å². The summed E-state index contributed by atoms with van der Waals surface area (Å²) in [6.07, 6.45) is 0.825. The molecule has 6 heteroatoms. The van der Waals surface area contributed by atoms with Gasteiger partial charge >= 0.3 is 0 Å². The smallest absolute Gasteiger partial charge is 0.226 e. The van der Waals surface area contributed by atoms with Gasteiger partial charge in [0.25, 0.3) is 0 Å². The molecule has 0 aliphatic carbocycles. The molecule has 0 unspecified atom stereocenters. The SMILES string of the molecule is CC(=O)N1CCN(Cc2noc(CC(C)C)n2)CC1. The average Bonchev–Trinajstić information content (AvgIpc) is 2.76. The van der Waals surface area contributed by atoms with Crippen molar-refractivity contribution in [2.24, 2.45) is 5.92 Å². The van der Waals surface area contributed by atoms with Crippen LogP contribution in [0.5, 0.6) is 0 Å². The first kappa shape index (κ1) is 14.0. The molecule has 1 aromatic heterocycles. The molecule has 1 aliphatic rings. The maximum absolute atomic E-state index is 11.2. The molecule has 0 saturated carbocycles. The van der Waals surface area contributed by atoms with E-state index in [1.54, 1.807) is 6.92 Å². The van der Waals surface area contributed by atoms with Gasteiger partial charge in [-0.15, -0.1) is 0 Å². The fraction of sp³-hybridized carbons (Fsp3) is 0.769. The standard InChI is InChI=1S/C13H22N4O2/c1-10(2)8-13-14-12(15-19-13)9-16-4-6-17(7-5-16)11(3)18/h10H,4-9H2,1-3H3. The highest BCUT2D eigenvalue weighted by molar-refractivity contribution is 5.73. The van der Waals surface area contributed by atoms with Gasteiger partial charge in [-0.2, -0.15) is 4.98 Å². The quantitative estimate of drug-likeness (QED) is 0.811. The Hall–Kier alpha value is -1.43. The number of amides is 1. The third kappa shape index (κ3) is 4.02. The Bertz CT molecular complexity index is 422. The zero-order valence-corrected chi connectivity index (χ0v) is 11.9. The van der Waals surface area contributed by atoms with Crippen LogP contribution in [0.4, 0.5) is 0 Å². The fourth-order valence-corrected chi connectivity index (χ4v) is 2.21. The minimum atomic E-state index is 0.151. The highest BCUT2D eigenvalue weighted by Gasteiger charge is 2.20. The van der Waals surface area contributed by atoms with Crippen molar-refractivity contribution in [2.75, 3.05) is 26.2 Å². The lowest BCUT2D eigenvalue weighted by atomic mass is 10.1. The number of rotatable bonds is 4. The molecule has 19 heavy (non-hydrogen) atoms. The molecule has 0 radical (unpaired) electrons. The lowest BCUT2D eigenvalue weighted by Crippen LogP contribution is -2.47. The van der Waals surface area contributed by atoms with Crippen LogP contribution in [0.25, 0.3) is 0 Å². The summed E-state index contributed by atoms with van der Waals surface area (Å²) in [6, 6.07) is 0. The third-order valence-electron chi connectivity index (χ3n) is 3.28. The van der Waals surface area contributed by atoms with E-state index in [0.717, 1.165) is 38.4 Å². The summed E-state index contributed by atoms with van der Waals surface area (Å²) in [5.41, 5.74) is 0. The predicted octanol–water partition coefficient (Wildman–Crippen LogP) is 0.932. The number of aromatic nitrogens is 2. The van der Waals surface area contributed by atoms with Crippen LogP contribution in [-0.4, -0.2) is 52.0 Å². The minimum absolute atomic E-state index is 0.151. The fourth-order valence-electron chi connectivity index (χ4n) is 2.21. The van der Waals surface area contributed by atoms with E-state index in [9.17, 15) is 4.79 Å². The second-order valence-electron chi connectivity index (χ2n) is 5.48. The highest BCUT2D eigenvalue weighted by Crippen LogP contribution is 2.09. The molecular weight excluding hydrogens is 244 g/mol. The van der Waals surface area contributed by atoms with E-state index in [1.165, 1.54) is 0 Å². The van der Waals surface area contributed by atoms with Crippen LogP contribution in [0.3, 0.4) is 0 Å². The lowest BCUT2D eigenvalue weighted by Gasteiger charge is -2.33. The van der Waals surface area contributed by atoms with Crippen LogP contribution >= 0.6 is 0 Å². The second-order valence-corrected chi connectivity index (χ2v) is 5.48. The zero-order valence-electron chi connectivity index (χ0n) is 11.9. The molecule has 2 rings (SSSR count). The van der Waals surface area contributed by atoms with Gasteiger partial charge in [0.1, 0.15) is 0 Å². The number of hydrogen-bond donors (Lipinski definition) is 0. The molecule has 1 aliphatic heterocycles. The Morgan fingerprint density at radius 3 is 2.58 bits per heavy atom. The monoisotopic (exact) mass is 266 g/mol. The molecule has 0 atom stereocenters. The van der Waals surface area contributed by atoms with E-state index in [-0.39, 0.29) is 5.91 Å². The largest absolute Gasteiger partial charge is 0.340 e. The van der Waals surface area contributed by atoms with Gasteiger partial charge < -0.3 is 9.42 Å². The van der Waals surface area contributed by atoms with Crippen molar-refractivity contribution in [2.45, 2.75) is 33.7 Å². The average molecular weight is 266 g/mol. The molecule has 0 spiro atoms. The number of nitrogens with zero attached hydrogens (tertiary/aromatic N) is 4. The predicted molar refractivity (Wildman–Crippen MR) is 70.4 cm³/mol. The molecular formula is C13H22N4O2. The van der Waals surface area contributed by atoms with Gasteiger partial charge in [-0.25, -0.2) is 0 Å². The van der Waals surface area contributed by atoms with Crippen molar-refractivity contribution in [1.82, 2.24) is 19.9 Å². The highest BCUT2D eigenvalue weighted by atomic mass is 16.5. The third-order valence-corrected chi connectivity index (χ3v) is 3.28. The van der Waals surface area contributed by atoms with Crippen LogP contribution in [0.1, 0.15) is 32.5 Å². The van der Waals surface area contributed by atoms with Crippen molar-refractivity contribution in [3.8, 4) is 0 Å².